The Morgan fingerprint density at radius 1 is 1.37 bits per heavy atom. The van der Waals surface area contributed by atoms with Crippen LogP contribution in [0.5, 0.6) is 5.75 Å². The van der Waals surface area contributed by atoms with Crippen molar-refractivity contribution in [1.29, 1.82) is 0 Å². The summed E-state index contributed by atoms with van der Waals surface area (Å²) < 4.78 is 6.10. The van der Waals surface area contributed by atoms with E-state index in [9.17, 15) is 0 Å². The molecule has 1 aromatic rings. The van der Waals surface area contributed by atoms with Gasteiger partial charge in [0.2, 0.25) is 0 Å². The van der Waals surface area contributed by atoms with Gasteiger partial charge >= 0.3 is 0 Å². The van der Waals surface area contributed by atoms with Crippen LogP contribution in [0.4, 0.5) is 0 Å². The van der Waals surface area contributed by atoms with Gasteiger partial charge in [0, 0.05) is 11.1 Å². The van der Waals surface area contributed by atoms with Crippen LogP contribution in [0.3, 0.4) is 0 Å². The Bertz CT molecular complexity index is 408. The smallest absolute Gasteiger partial charge is 0.120 e. The third kappa shape index (κ3) is 4.39. The molecule has 1 aliphatic carbocycles. The maximum absolute atomic E-state index is 6.10. The fourth-order valence-electron chi connectivity index (χ4n) is 2.67. The van der Waals surface area contributed by atoms with E-state index < -0.39 is 0 Å². The Hall–Kier alpha value is -0.730. The van der Waals surface area contributed by atoms with Gasteiger partial charge in [0.25, 0.3) is 0 Å². The number of rotatable bonds is 5. The molecule has 0 heterocycles. The third-order valence-electron chi connectivity index (χ3n) is 3.74. The fraction of sp³-hybridized carbons (Fsp3) is 0.625. The van der Waals surface area contributed by atoms with Crippen molar-refractivity contribution in [2.45, 2.75) is 58.1 Å². The molecule has 19 heavy (non-hydrogen) atoms. The van der Waals surface area contributed by atoms with Crippen LogP contribution in [0.1, 0.15) is 44.6 Å². The molecular weight excluding hydrogens is 258 g/mol. The lowest BCUT2D eigenvalue weighted by Gasteiger charge is -2.30. The summed E-state index contributed by atoms with van der Waals surface area (Å²) in [5, 5.41) is 4.41. The highest BCUT2D eigenvalue weighted by atomic mass is 35.5. The molecule has 2 nitrogen and oxygen atoms in total. The van der Waals surface area contributed by atoms with Gasteiger partial charge in [-0.3, -0.25) is 0 Å². The lowest BCUT2D eigenvalue weighted by atomic mass is 9.92. The minimum Gasteiger partial charge on any atom is -0.490 e. The van der Waals surface area contributed by atoms with Crippen molar-refractivity contribution in [3.63, 3.8) is 0 Å². The van der Waals surface area contributed by atoms with Gasteiger partial charge in [-0.05, 0) is 69.3 Å². The Labute approximate surface area is 121 Å². The second-order valence-electron chi connectivity index (χ2n) is 5.47. The number of hydrogen-bond donors (Lipinski definition) is 1. The normalized spacial score (nSPS) is 23.3. The van der Waals surface area contributed by atoms with Crippen molar-refractivity contribution in [3.05, 3.63) is 28.8 Å². The Kier molecular flexibility index (Phi) is 5.53. The molecule has 106 valence electrons. The first kappa shape index (κ1) is 14.7. The minimum atomic E-state index is 0.337. The zero-order valence-electron chi connectivity index (χ0n) is 11.9. The lowest BCUT2D eigenvalue weighted by molar-refractivity contribution is 0.135. The van der Waals surface area contributed by atoms with Crippen LogP contribution >= 0.6 is 11.6 Å². The highest BCUT2D eigenvalue weighted by Crippen LogP contribution is 2.26. The predicted molar refractivity (Wildman–Crippen MR) is 81.2 cm³/mol. The van der Waals surface area contributed by atoms with Crippen LogP contribution in [-0.2, 0) is 0 Å². The van der Waals surface area contributed by atoms with Crippen molar-refractivity contribution in [2.75, 3.05) is 6.54 Å². The molecule has 0 saturated heterocycles. The minimum absolute atomic E-state index is 0.337. The van der Waals surface area contributed by atoms with E-state index in [1.165, 1.54) is 19.3 Å². The Morgan fingerprint density at radius 2 is 2.21 bits per heavy atom. The first-order valence-corrected chi connectivity index (χ1v) is 7.73. The van der Waals surface area contributed by atoms with E-state index in [0.29, 0.717) is 12.1 Å². The Morgan fingerprint density at radius 3 is 2.95 bits per heavy atom. The van der Waals surface area contributed by atoms with E-state index in [0.717, 1.165) is 35.7 Å². The molecular formula is C16H24ClNO. The van der Waals surface area contributed by atoms with E-state index in [1.807, 2.05) is 25.1 Å². The molecule has 1 N–H and O–H groups in total. The topological polar surface area (TPSA) is 21.3 Å². The molecule has 1 saturated carbocycles. The van der Waals surface area contributed by atoms with Crippen LogP contribution < -0.4 is 10.1 Å². The van der Waals surface area contributed by atoms with Crippen LogP contribution in [0.25, 0.3) is 0 Å². The standard InChI is InChI=1S/C16H24ClNO/c1-3-9-18-13-5-4-6-14(11-13)19-15-7-8-16(17)12(2)10-15/h7-8,10,13-14,18H,3-6,9,11H2,1-2H3. The summed E-state index contributed by atoms with van der Waals surface area (Å²) in [7, 11) is 0. The van der Waals surface area contributed by atoms with Crippen LogP contribution in [0, 0.1) is 6.92 Å². The van der Waals surface area contributed by atoms with Gasteiger partial charge in [0.15, 0.2) is 0 Å². The summed E-state index contributed by atoms with van der Waals surface area (Å²) in [6.07, 6.45) is 6.33. The van der Waals surface area contributed by atoms with Gasteiger partial charge in [0.1, 0.15) is 11.9 Å². The molecule has 0 bridgehead atoms. The molecule has 1 aliphatic rings. The first-order valence-electron chi connectivity index (χ1n) is 7.35. The van der Waals surface area contributed by atoms with Crippen molar-refractivity contribution < 1.29 is 4.74 Å². The molecule has 2 rings (SSSR count). The van der Waals surface area contributed by atoms with Gasteiger partial charge in [-0.15, -0.1) is 0 Å². The van der Waals surface area contributed by atoms with Crippen molar-refractivity contribution in [1.82, 2.24) is 5.32 Å². The summed E-state index contributed by atoms with van der Waals surface area (Å²) in [4.78, 5) is 0. The second-order valence-corrected chi connectivity index (χ2v) is 5.88. The van der Waals surface area contributed by atoms with E-state index in [4.69, 9.17) is 16.3 Å². The molecule has 1 fully saturated rings. The van der Waals surface area contributed by atoms with Gasteiger partial charge in [-0.25, -0.2) is 0 Å². The van der Waals surface area contributed by atoms with Gasteiger partial charge < -0.3 is 10.1 Å². The van der Waals surface area contributed by atoms with E-state index in [-0.39, 0.29) is 0 Å². The highest BCUT2D eigenvalue weighted by Gasteiger charge is 2.22. The van der Waals surface area contributed by atoms with Crippen molar-refractivity contribution >= 4 is 11.6 Å². The molecule has 0 spiro atoms. The molecule has 2 atom stereocenters. The summed E-state index contributed by atoms with van der Waals surface area (Å²) in [6, 6.07) is 6.54. The maximum Gasteiger partial charge on any atom is 0.120 e. The third-order valence-corrected chi connectivity index (χ3v) is 4.17. The number of aryl methyl sites for hydroxylation is 1. The van der Waals surface area contributed by atoms with Gasteiger partial charge in [-0.1, -0.05) is 18.5 Å². The quantitative estimate of drug-likeness (QED) is 0.867. The van der Waals surface area contributed by atoms with E-state index in [1.54, 1.807) is 0 Å². The number of hydrogen-bond acceptors (Lipinski definition) is 2. The molecule has 2 unspecified atom stereocenters. The van der Waals surface area contributed by atoms with Gasteiger partial charge in [-0.2, -0.15) is 0 Å². The maximum atomic E-state index is 6.10. The largest absolute Gasteiger partial charge is 0.490 e. The fourth-order valence-corrected chi connectivity index (χ4v) is 2.79. The molecule has 0 amide bonds. The molecule has 0 radical (unpaired) electrons. The number of nitrogens with one attached hydrogen (secondary N) is 1. The average Bonchev–Trinajstić information content (AvgIpc) is 2.41. The summed E-state index contributed by atoms with van der Waals surface area (Å²) in [5.74, 6) is 0.947. The molecule has 0 aliphatic heterocycles. The average molecular weight is 282 g/mol. The zero-order valence-corrected chi connectivity index (χ0v) is 12.7. The summed E-state index contributed by atoms with van der Waals surface area (Å²) >= 11 is 6.04. The van der Waals surface area contributed by atoms with Crippen LogP contribution in [0.2, 0.25) is 5.02 Å². The zero-order chi connectivity index (χ0) is 13.7. The lowest BCUT2D eigenvalue weighted by Crippen LogP contribution is -2.38. The number of ether oxygens (including phenoxy) is 1. The van der Waals surface area contributed by atoms with Gasteiger partial charge in [0.05, 0.1) is 0 Å². The first-order chi connectivity index (χ1) is 9.19. The molecule has 0 aromatic heterocycles. The van der Waals surface area contributed by atoms with Crippen LogP contribution in [0.15, 0.2) is 18.2 Å². The predicted octanol–water partition coefficient (Wildman–Crippen LogP) is 4.34. The second kappa shape index (κ2) is 7.16. The monoisotopic (exact) mass is 281 g/mol. The number of benzene rings is 1. The van der Waals surface area contributed by atoms with E-state index in [2.05, 4.69) is 12.2 Å². The Balaban J connectivity index is 1.89. The van der Waals surface area contributed by atoms with E-state index >= 15 is 0 Å². The highest BCUT2D eigenvalue weighted by molar-refractivity contribution is 6.31. The molecule has 1 aromatic carbocycles. The van der Waals surface area contributed by atoms with Crippen molar-refractivity contribution in [3.8, 4) is 5.75 Å². The SMILES string of the molecule is CCCNC1CCCC(Oc2ccc(Cl)c(C)c2)C1. The molecule has 3 heteroatoms. The summed E-state index contributed by atoms with van der Waals surface area (Å²) in [5.41, 5.74) is 1.08. The van der Waals surface area contributed by atoms with Crippen LogP contribution in [-0.4, -0.2) is 18.7 Å². The van der Waals surface area contributed by atoms with Crippen molar-refractivity contribution in [2.24, 2.45) is 0 Å². The number of halogens is 1. The summed E-state index contributed by atoms with van der Waals surface area (Å²) in [6.45, 7) is 5.33.